The molecule has 0 radical (unpaired) electrons. The van der Waals surface area contributed by atoms with Gasteiger partial charge in [-0.15, -0.1) is 0 Å². The molecule has 0 aliphatic heterocycles. The van der Waals surface area contributed by atoms with Gasteiger partial charge in [0.15, 0.2) is 5.78 Å². The predicted molar refractivity (Wildman–Crippen MR) is 102 cm³/mol. The smallest absolute Gasteiger partial charge is 0.223 e. The molecule has 0 aliphatic carbocycles. The van der Waals surface area contributed by atoms with E-state index in [0.717, 1.165) is 18.4 Å². The summed E-state index contributed by atoms with van der Waals surface area (Å²) in [4.78, 5) is 25.1. The lowest BCUT2D eigenvalue weighted by Gasteiger charge is -2.25. The van der Waals surface area contributed by atoms with E-state index in [9.17, 15) is 9.59 Å². The molecule has 1 amide bonds. The highest BCUT2D eigenvalue weighted by Crippen LogP contribution is 2.17. The molecule has 0 heterocycles. The molecule has 0 bridgehead atoms. The van der Waals surface area contributed by atoms with Crippen molar-refractivity contribution in [3.8, 4) is 0 Å². The maximum absolute atomic E-state index is 12.5. The molecule has 1 rings (SSSR count). The summed E-state index contributed by atoms with van der Waals surface area (Å²) in [6, 6.07) is 9.12. The first-order valence-electron chi connectivity index (χ1n) is 9.07. The average Bonchev–Trinajstić information content (AvgIpc) is 2.53. The second-order valence-electron chi connectivity index (χ2n) is 7.69. The van der Waals surface area contributed by atoms with Gasteiger partial charge in [-0.3, -0.25) is 9.59 Å². The van der Waals surface area contributed by atoms with Crippen LogP contribution in [-0.4, -0.2) is 29.8 Å². The highest BCUT2D eigenvalue weighted by atomic mass is 16.2. The van der Waals surface area contributed by atoms with E-state index in [4.69, 9.17) is 11.5 Å². The Morgan fingerprint density at radius 2 is 1.76 bits per heavy atom. The molecular formula is C20H33N3O2. The van der Waals surface area contributed by atoms with E-state index in [-0.39, 0.29) is 29.6 Å². The summed E-state index contributed by atoms with van der Waals surface area (Å²) in [7, 11) is 0. The average molecular weight is 348 g/mol. The van der Waals surface area contributed by atoms with E-state index in [1.54, 1.807) is 0 Å². The van der Waals surface area contributed by atoms with Gasteiger partial charge in [0.1, 0.15) is 0 Å². The number of rotatable bonds is 10. The summed E-state index contributed by atoms with van der Waals surface area (Å²) in [5, 5.41) is 2.98. The molecule has 2 atom stereocenters. The topological polar surface area (TPSA) is 98.2 Å². The molecule has 5 heteroatoms. The lowest BCUT2D eigenvalue weighted by Crippen LogP contribution is -2.45. The lowest BCUT2D eigenvalue weighted by atomic mass is 9.90. The standard InChI is InChI=1S/C20H33N3O2/c1-20(2,3)23-19(25)16(11-7-8-12-21)14-18(24)17(22)13-15-9-5-4-6-10-15/h4-6,9-10,16-17H,7-8,11-14,21-22H2,1-3H3,(H,23,25)/t16-,17+/m1/s1. The van der Waals surface area contributed by atoms with Crippen LogP contribution in [0.15, 0.2) is 30.3 Å². The number of carbonyl (C=O) groups excluding carboxylic acids is 2. The zero-order valence-corrected chi connectivity index (χ0v) is 15.8. The van der Waals surface area contributed by atoms with E-state index in [2.05, 4.69) is 5.32 Å². The molecule has 5 N–H and O–H groups in total. The number of hydrogen-bond acceptors (Lipinski definition) is 4. The minimum Gasteiger partial charge on any atom is -0.351 e. The molecule has 1 aromatic rings. The van der Waals surface area contributed by atoms with Gasteiger partial charge in [-0.25, -0.2) is 0 Å². The van der Waals surface area contributed by atoms with E-state index in [1.165, 1.54) is 0 Å². The van der Waals surface area contributed by atoms with Crippen molar-refractivity contribution in [1.82, 2.24) is 5.32 Å². The van der Waals surface area contributed by atoms with Crippen molar-refractivity contribution >= 4 is 11.7 Å². The summed E-state index contributed by atoms with van der Waals surface area (Å²) >= 11 is 0. The number of nitrogens with two attached hydrogens (primary N) is 2. The molecular weight excluding hydrogens is 314 g/mol. The van der Waals surface area contributed by atoms with Gasteiger partial charge >= 0.3 is 0 Å². The van der Waals surface area contributed by atoms with E-state index < -0.39 is 6.04 Å². The van der Waals surface area contributed by atoms with Crippen molar-refractivity contribution in [3.05, 3.63) is 35.9 Å². The number of benzene rings is 1. The number of ketones is 1. The van der Waals surface area contributed by atoms with Crippen LogP contribution in [0, 0.1) is 5.92 Å². The van der Waals surface area contributed by atoms with Crippen LogP contribution in [0.1, 0.15) is 52.0 Å². The Balaban J connectivity index is 2.67. The van der Waals surface area contributed by atoms with Gasteiger partial charge in [0.25, 0.3) is 0 Å². The minimum atomic E-state index is -0.582. The highest BCUT2D eigenvalue weighted by molar-refractivity contribution is 5.90. The third-order valence-corrected chi connectivity index (χ3v) is 4.04. The molecule has 1 aromatic carbocycles. The van der Waals surface area contributed by atoms with Gasteiger partial charge < -0.3 is 16.8 Å². The number of carbonyl (C=O) groups is 2. The number of Topliss-reactive ketones (excluding diaryl/α,β-unsaturated/α-hetero) is 1. The zero-order chi connectivity index (χ0) is 18.9. The van der Waals surface area contributed by atoms with Crippen LogP contribution >= 0.6 is 0 Å². The van der Waals surface area contributed by atoms with Crippen LogP contribution in [-0.2, 0) is 16.0 Å². The van der Waals surface area contributed by atoms with Crippen LogP contribution in [0.2, 0.25) is 0 Å². The van der Waals surface area contributed by atoms with E-state index in [1.807, 2.05) is 51.1 Å². The van der Waals surface area contributed by atoms with Gasteiger partial charge in [-0.2, -0.15) is 0 Å². The van der Waals surface area contributed by atoms with Crippen molar-refractivity contribution < 1.29 is 9.59 Å². The molecule has 0 aliphatic rings. The molecule has 0 aromatic heterocycles. The first-order chi connectivity index (χ1) is 11.7. The van der Waals surface area contributed by atoms with Crippen LogP contribution in [0.5, 0.6) is 0 Å². The Kier molecular flexibility index (Phi) is 8.79. The normalized spacial score (nSPS) is 14.0. The Hall–Kier alpha value is -1.72. The van der Waals surface area contributed by atoms with Crippen molar-refractivity contribution in [2.45, 2.75) is 64.5 Å². The first kappa shape index (κ1) is 21.3. The Morgan fingerprint density at radius 3 is 2.32 bits per heavy atom. The second-order valence-corrected chi connectivity index (χ2v) is 7.69. The van der Waals surface area contributed by atoms with Gasteiger partial charge in [0.2, 0.25) is 5.91 Å². The molecule has 0 unspecified atom stereocenters. The molecule has 0 saturated heterocycles. The summed E-state index contributed by atoms with van der Waals surface area (Å²) in [5.41, 5.74) is 12.3. The largest absolute Gasteiger partial charge is 0.351 e. The van der Waals surface area contributed by atoms with E-state index >= 15 is 0 Å². The molecule has 25 heavy (non-hydrogen) atoms. The number of hydrogen-bond donors (Lipinski definition) is 3. The Bertz CT molecular complexity index is 538. The maximum Gasteiger partial charge on any atom is 0.223 e. The van der Waals surface area contributed by atoms with Crippen molar-refractivity contribution in [2.75, 3.05) is 6.54 Å². The quantitative estimate of drug-likeness (QED) is 0.565. The fraction of sp³-hybridized carbons (Fsp3) is 0.600. The molecule has 5 nitrogen and oxygen atoms in total. The fourth-order valence-electron chi connectivity index (χ4n) is 2.71. The summed E-state index contributed by atoms with van der Waals surface area (Å²) in [6.07, 6.45) is 3.02. The number of nitrogens with one attached hydrogen (secondary N) is 1. The first-order valence-corrected chi connectivity index (χ1v) is 9.07. The predicted octanol–water partition coefficient (Wildman–Crippen LogP) is 2.18. The zero-order valence-electron chi connectivity index (χ0n) is 15.8. The Morgan fingerprint density at radius 1 is 1.12 bits per heavy atom. The summed E-state index contributed by atoms with van der Waals surface area (Å²) in [6.45, 7) is 6.40. The van der Waals surface area contributed by atoms with Crippen LogP contribution in [0.25, 0.3) is 0 Å². The molecule has 140 valence electrons. The number of unbranched alkanes of at least 4 members (excludes halogenated alkanes) is 1. The minimum absolute atomic E-state index is 0.0642. The van der Waals surface area contributed by atoms with Crippen molar-refractivity contribution in [2.24, 2.45) is 17.4 Å². The van der Waals surface area contributed by atoms with Gasteiger partial charge in [-0.1, -0.05) is 36.8 Å². The second kappa shape index (κ2) is 10.3. The third-order valence-electron chi connectivity index (χ3n) is 4.04. The van der Waals surface area contributed by atoms with E-state index in [0.29, 0.717) is 19.4 Å². The van der Waals surface area contributed by atoms with Crippen LogP contribution in [0.3, 0.4) is 0 Å². The molecule has 0 saturated carbocycles. The van der Waals surface area contributed by atoms with Crippen LogP contribution in [0.4, 0.5) is 0 Å². The molecule has 0 fully saturated rings. The lowest BCUT2D eigenvalue weighted by molar-refractivity contribution is -0.131. The number of amides is 1. The SMILES string of the molecule is CC(C)(C)NC(=O)[C@H](CCCCN)CC(=O)[C@@H](N)Cc1ccccc1. The highest BCUT2D eigenvalue weighted by Gasteiger charge is 2.27. The van der Waals surface area contributed by atoms with Gasteiger partial charge in [0, 0.05) is 17.9 Å². The summed E-state index contributed by atoms with van der Waals surface area (Å²) < 4.78 is 0. The third kappa shape index (κ3) is 8.79. The maximum atomic E-state index is 12.5. The van der Waals surface area contributed by atoms with Crippen molar-refractivity contribution in [1.29, 1.82) is 0 Å². The fourth-order valence-corrected chi connectivity index (χ4v) is 2.71. The van der Waals surface area contributed by atoms with Gasteiger partial charge in [-0.05, 0) is 52.1 Å². The van der Waals surface area contributed by atoms with Crippen LogP contribution < -0.4 is 16.8 Å². The van der Waals surface area contributed by atoms with Gasteiger partial charge in [0.05, 0.1) is 6.04 Å². The van der Waals surface area contributed by atoms with Crippen molar-refractivity contribution in [3.63, 3.8) is 0 Å². The monoisotopic (exact) mass is 347 g/mol. The summed E-state index contributed by atoms with van der Waals surface area (Å²) in [5.74, 6) is -0.490. The Labute approximate surface area is 151 Å². The molecule has 0 spiro atoms.